The number of esters is 2. The maximum atomic E-state index is 12.8. The number of hydrogen-bond acceptors (Lipinski definition) is 8. The van der Waals surface area contributed by atoms with E-state index in [1.54, 1.807) is 6.20 Å². The molecule has 0 saturated carbocycles. The topological polar surface area (TPSA) is 92.1 Å². The van der Waals surface area contributed by atoms with Crippen LogP contribution in [0.5, 0.6) is 0 Å². The average Bonchev–Trinajstić information content (AvgIpc) is 3.71. The van der Waals surface area contributed by atoms with E-state index in [-0.39, 0.29) is 50.2 Å². The molecule has 9 heteroatoms. The van der Waals surface area contributed by atoms with E-state index in [1.807, 2.05) is 17.1 Å². The van der Waals surface area contributed by atoms with Crippen molar-refractivity contribution in [2.75, 3.05) is 46.1 Å². The van der Waals surface area contributed by atoms with Crippen molar-refractivity contribution in [2.24, 2.45) is 0 Å². The molecule has 0 bridgehead atoms. The van der Waals surface area contributed by atoms with Crippen LogP contribution in [-0.4, -0.2) is 84.7 Å². The molecule has 1 rings (SSSR count). The minimum absolute atomic E-state index is 0.219. The van der Waals surface area contributed by atoms with Crippen LogP contribution in [-0.2, 0) is 35.1 Å². The summed E-state index contributed by atoms with van der Waals surface area (Å²) in [6.45, 7) is 13.1. The second kappa shape index (κ2) is 38.9. The first-order valence-corrected chi connectivity index (χ1v) is 23.2. The first-order valence-electron chi connectivity index (χ1n) is 23.2. The molecule has 0 radical (unpaired) electrons. The maximum absolute atomic E-state index is 12.8. The number of unbranched alkanes of at least 4 members (excludes halogenated alkanes) is 16. The van der Waals surface area contributed by atoms with Gasteiger partial charge >= 0.3 is 11.9 Å². The lowest BCUT2D eigenvalue weighted by molar-refractivity contribution is -0.146. The Bertz CT molecular complexity index is 905. The highest BCUT2D eigenvalue weighted by atomic mass is 16.6. The Morgan fingerprint density at radius 2 is 0.927 bits per heavy atom. The van der Waals surface area contributed by atoms with E-state index < -0.39 is 0 Å². The molecule has 0 amide bonds. The van der Waals surface area contributed by atoms with Gasteiger partial charge in [0.25, 0.3) is 0 Å². The zero-order valence-electron chi connectivity index (χ0n) is 36.4. The fourth-order valence-corrected chi connectivity index (χ4v) is 7.14. The van der Waals surface area contributed by atoms with Gasteiger partial charge < -0.3 is 28.4 Å². The molecule has 2 unspecified atom stereocenters. The molecule has 0 fully saturated rings. The third-order valence-electron chi connectivity index (χ3n) is 10.6. The van der Waals surface area contributed by atoms with E-state index in [4.69, 9.17) is 18.9 Å². The normalized spacial score (nSPS) is 12.7. The van der Waals surface area contributed by atoms with Gasteiger partial charge in [-0.1, -0.05) is 156 Å². The molecule has 2 atom stereocenters. The summed E-state index contributed by atoms with van der Waals surface area (Å²) in [6, 6.07) is 0. The van der Waals surface area contributed by atoms with Gasteiger partial charge in [-0.3, -0.25) is 9.59 Å². The summed E-state index contributed by atoms with van der Waals surface area (Å²) in [5, 5.41) is 0. The van der Waals surface area contributed by atoms with Crippen molar-refractivity contribution >= 4 is 11.9 Å². The summed E-state index contributed by atoms with van der Waals surface area (Å²) < 4.78 is 25.7. The van der Waals surface area contributed by atoms with Gasteiger partial charge in [-0.25, -0.2) is 4.98 Å². The molecule has 0 saturated heterocycles. The third kappa shape index (κ3) is 32.8. The summed E-state index contributed by atoms with van der Waals surface area (Å²) in [5.74, 6) is -0.438. The van der Waals surface area contributed by atoms with E-state index in [2.05, 4.69) is 37.6 Å². The molecule has 0 aliphatic rings. The third-order valence-corrected chi connectivity index (χ3v) is 10.6. The maximum Gasteiger partial charge on any atom is 0.307 e. The van der Waals surface area contributed by atoms with Crippen LogP contribution in [0, 0.1) is 0 Å². The molecule has 0 aliphatic carbocycles. The number of hydrogen-bond donors (Lipinski definition) is 0. The number of carbonyl (C=O) groups is 2. The van der Waals surface area contributed by atoms with Crippen LogP contribution in [0.2, 0.25) is 0 Å². The number of nitrogens with zero attached hydrogens (tertiary/aromatic N) is 3. The second-order valence-electron chi connectivity index (χ2n) is 15.7. The molecule has 0 spiro atoms. The Balaban J connectivity index is 2.47. The first-order chi connectivity index (χ1) is 27.0. The van der Waals surface area contributed by atoms with Crippen molar-refractivity contribution in [3.8, 4) is 0 Å². The van der Waals surface area contributed by atoms with E-state index in [1.165, 1.54) is 128 Å². The van der Waals surface area contributed by atoms with Crippen LogP contribution in [0.4, 0.5) is 0 Å². The predicted octanol–water partition coefficient (Wildman–Crippen LogP) is 11.7. The molecule has 1 aromatic heterocycles. The Kier molecular flexibility index (Phi) is 36.1. The highest BCUT2D eigenvalue weighted by Gasteiger charge is 2.15. The Morgan fingerprint density at radius 3 is 1.33 bits per heavy atom. The van der Waals surface area contributed by atoms with Crippen molar-refractivity contribution in [1.29, 1.82) is 0 Å². The van der Waals surface area contributed by atoms with E-state index in [9.17, 15) is 9.59 Å². The van der Waals surface area contributed by atoms with Gasteiger partial charge in [0, 0.05) is 32.0 Å². The smallest absolute Gasteiger partial charge is 0.307 e. The Labute approximate surface area is 338 Å². The number of aromatic nitrogens is 2. The molecular formula is C46H87N3O6. The zero-order chi connectivity index (χ0) is 39.9. The highest BCUT2D eigenvalue weighted by Crippen LogP contribution is 2.18. The summed E-state index contributed by atoms with van der Waals surface area (Å²) >= 11 is 0. The van der Waals surface area contributed by atoms with Gasteiger partial charge in [0.1, 0.15) is 13.2 Å². The predicted molar refractivity (Wildman–Crippen MR) is 227 cm³/mol. The monoisotopic (exact) mass is 778 g/mol. The number of aryl methyl sites for hydroxylation is 1. The lowest BCUT2D eigenvalue weighted by Gasteiger charge is -2.22. The molecular weight excluding hydrogens is 691 g/mol. The summed E-state index contributed by atoms with van der Waals surface area (Å²) in [6.07, 6.45) is 37.2. The van der Waals surface area contributed by atoms with Crippen molar-refractivity contribution in [3.63, 3.8) is 0 Å². The quantitative estimate of drug-likeness (QED) is 0.0479. The average molecular weight is 778 g/mol. The van der Waals surface area contributed by atoms with Gasteiger partial charge in [-0.2, -0.15) is 0 Å². The van der Waals surface area contributed by atoms with E-state index >= 15 is 0 Å². The molecule has 0 aromatic carbocycles. The van der Waals surface area contributed by atoms with Crippen LogP contribution in [0.25, 0.3) is 0 Å². The Hall–Kier alpha value is -1.97. The largest absolute Gasteiger partial charge is 0.463 e. The number of imidazole rings is 1. The van der Waals surface area contributed by atoms with Gasteiger partial charge in [0.15, 0.2) is 0 Å². The van der Waals surface area contributed by atoms with E-state index in [0.717, 1.165) is 45.2 Å². The van der Waals surface area contributed by atoms with Gasteiger partial charge in [0.05, 0.1) is 44.6 Å². The molecule has 55 heavy (non-hydrogen) atoms. The molecule has 322 valence electrons. The SMILES string of the molecule is CCCCCCCCC(CCCCCC)OCCOC(=O)CCN(CCCn1ccnc1)CCC(=O)OCCOC(CCCCCC)CCCCCCCC. The van der Waals surface area contributed by atoms with Crippen molar-refractivity contribution in [2.45, 2.75) is 220 Å². The van der Waals surface area contributed by atoms with Gasteiger partial charge in [-0.15, -0.1) is 0 Å². The van der Waals surface area contributed by atoms with Crippen LogP contribution in [0.1, 0.15) is 201 Å². The highest BCUT2D eigenvalue weighted by molar-refractivity contribution is 5.70. The number of rotatable bonds is 42. The van der Waals surface area contributed by atoms with Crippen LogP contribution >= 0.6 is 0 Å². The van der Waals surface area contributed by atoms with Crippen molar-refractivity contribution in [1.82, 2.24) is 14.5 Å². The van der Waals surface area contributed by atoms with Crippen molar-refractivity contribution < 1.29 is 28.5 Å². The standard InChI is InChI=1S/C46H87N3O6/c1-5-9-13-17-19-23-28-43(26-21-15-11-7-3)52-38-40-54-45(50)30-35-48(33-25-34-49-37-32-47-42-49)36-31-46(51)55-41-39-53-44(27-22-16-12-8-4)29-24-20-18-14-10-6-2/h32,37,42-44H,5-31,33-36,38-41H2,1-4H3. The Morgan fingerprint density at radius 1 is 0.527 bits per heavy atom. The second-order valence-corrected chi connectivity index (χ2v) is 15.7. The molecule has 9 nitrogen and oxygen atoms in total. The van der Waals surface area contributed by atoms with Crippen molar-refractivity contribution in [3.05, 3.63) is 18.7 Å². The van der Waals surface area contributed by atoms with Gasteiger partial charge in [-0.05, 0) is 38.6 Å². The number of ether oxygens (including phenoxy) is 4. The van der Waals surface area contributed by atoms with Crippen LogP contribution in [0.3, 0.4) is 0 Å². The summed E-state index contributed by atoms with van der Waals surface area (Å²) in [7, 11) is 0. The first kappa shape index (κ1) is 51.0. The molecule has 1 aromatic rings. The lowest BCUT2D eigenvalue weighted by Crippen LogP contribution is -2.31. The zero-order valence-corrected chi connectivity index (χ0v) is 36.4. The minimum Gasteiger partial charge on any atom is -0.463 e. The fourth-order valence-electron chi connectivity index (χ4n) is 7.14. The van der Waals surface area contributed by atoms with Crippen LogP contribution in [0.15, 0.2) is 18.7 Å². The summed E-state index contributed by atoms with van der Waals surface area (Å²) in [4.78, 5) is 31.8. The number of carbonyl (C=O) groups excluding carboxylic acids is 2. The minimum atomic E-state index is -0.219. The van der Waals surface area contributed by atoms with Crippen LogP contribution < -0.4 is 0 Å². The molecule has 1 heterocycles. The summed E-state index contributed by atoms with van der Waals surface area (Å²) in [5.41, 5.74) is 0. The van der Waals surface area contributed by atoms with Gasteiger partial charge in [0.2, 0.25) is 0 Å². The van der Waals surface area contributed by atoms with E-state index in [0.29, 0.717) is 26.3 Å². The fraction of sp³-hybridized carbons (Fsp3) is 0.891. The molecule has 0 N–H and O–H groups in total. The lowest BCUT2D eigenvalue weighted by atomic mass is 10.0. The molecule has 0 aliphatic heterocycles.